The number of phosphoric ester groups is 1. The third-order valence-electron chi connectivity index (χ3n) is 5.67. The van der Waals surface area contributed by atoms with E-state index in [1.807, 2.05) is 0 Å². The van der Waals surface area contributed by atoms with Gasteiger partial charge in [-0.05, 0) is 18.6 Å². The Bertz CT molecular complexity index is 1200. The molecule has 1 aromatic carbocycles. The molecule has 4 unspecified atom stereocenters. The van der Waals surface area contributed by atoms with E-state index in [1.54, 1.807) is 35.6 Å². The summed E-state index contributed by atoms with van der Waals surface area (Å²) in [5.74, 6) is -6.01. The molecule has 0 radical (unpaired) electrons. The lowest BCUT2D eigenvalue weighted by Gasteiger charge is -2.25. The normalized spacial score (nSPS) is 29.1. The minimum Gasteiger partial charge on any atom is -0.460 e. The summed E-state index contributed by atoms with van der Waals surface area (Å²) >= 11 is 0. The van der Waals surface area contributed by atoms with Crippen LogP contribution in [0.15, 0.2) is 42.2 Å². The fourth-order valence-corrected chi connectivity index (χ4v) is 7.15. The fourth-order valence-electron chi connectivity index (χ4n) is 3.73. The van der Waals surface area contributed by atoms with Crippen LogP contribution in [-0.4, -0.2) is 73.8 Å². The number of rotatable bonds is 12. The van der Waals surface area contributed by atoms with Crippen molar-refractivity contribution in [3.05, 3.63) is 47.8 Å². The molecule has 1 saturated heterocycles. The largest absolute Gasteiger partial charge is 0.481 e. The van der Waals surface area contributed by atoms with Crippen LogP contribution in [0.25, 0.3) is 0 Å². The first-order chi connectivity index (χ1) is 18.2. The molecule has 216 valence electrons. The summed E-state index contributed by atoms with van der Waals surface area (Å²) in [6, 6.07) is 7.63. The number of imide groups is 1. The summed E-state index contributed by atoms with van der Waals surface area (Å²) < 4.78 is 79.4. The quantitative estimate of drug-likeness (QED) is 0.182. The van der Waals surface area contributed by atoms with Crippen molar-refractivity contribution < 1.29 is 60.2 Å². The number of phosphoric acid groups is 1. The number of alkyl halides is 1. The van der Waals surface area contributed by atoms with Gasteiger partial charge in [0.05, 0.1) is 12.5 Å². The molecule has 2 amide bonds. The van der Waals surface area contributed by atoms with E-state index in [0.717, 1.165) is 19.3 Å². The zero-order valence-electron chi connectivity index (χ0n) is 21.0. The van der Waals surface area contributed by atoms with Gasteiger partial charge in [0.2, 0.25) is 5.91 Å². The molecule has 1 aromatic rings. The van der Waals surface area contributed by atoms with Gasteiger partial charge >= 0.3 is 13.8 Å². The monoisotopic (exact) mass is 596 g/mol. The second kappa shape index (κ2) is 12.9. The van der Waals surface area contributed by atoms with E-state index in [4.69, 9.17) is 22.8 Å². The molecular formula is C22H28F2N2O11P2. The Hall–Kier alpha value is -2.35. The Labute approximate surface area is 222 Å². The SMILES string of the molecule is COP(=O)(OC[C@H]1O[C@@H](C2C=C(F)C(=O)NC2=O)[C@H](F)C1O)OP(C)(=O)N[C@@H](C)C(=O)OCc1ccccc1. The number of hydrogen-bond acceptors (Lipinski definition) is 11. The molecular weight excluding hydrogens is 568 g/mol. The van der Waals surface area contributed by atoms with Gasteiger partial charge in [0, 0.05) is 13.8 Å². The number of esters is 1. The molecule has 1 fully saturated rings. The molecule has 39 heavy (non-hydrogen) atoms. The number of carbonyl (C=O) groups is 3. The molecule has 2 heterocycles. The zero-order valence-corrected chi connectivity index (χ0v) is 22.8. The molecule has 13 nitrogen and oxygen atoms in total. The zero-order chi connectivity index (χ0) is 29.0. The Kier molecular flexibility index (Phi) is 10.3. The third kappa shape index (κ3) is 8.09. The van der Waals surface area contributed by atoms with Crippen LogP contribution in [0.3, 0.4) is 0 Å². The topological polar surface area (TPSA) is 176 Å². The molecule has 2 aliphatic rings. The minimum absolute atomic E-state index is 0.0399. The second-order valence-corrected chi connectivity index (χ2v) is 12.9. The molecule has 3 rings (SSSR count). The van der Waals surface area contributed by atoms with Crippen LogP contribution in [0.5, 0.6) is 0 Å². The summed E-state index contributed by atoms with van der Waals surface area (Å²) in [5, 5.41) is 14.3. The molecule has 8 atom stereocenters. The molecule has 0 spiro atoms. The van der Waals surface area contributed by atoms with Crippen LogP contribution in [0.1, 0.15) is 12.5 Å². The van der Waals surface area contributed by atoms with Gasteiger partial charge in [0.1, 0.15) is 31.0 Å². The van der Waals surface area contributed by atoms with Crippen molar-refractivity contribution in [2.75, 3.05) is 20.4 Å². The van der Waals surface area contributed by atoms with Gasteiger partial charge in [-0.25, -0.2) is 22.7 Å². The molecule has 0 bridgehead atoms. The highest BCUT2D eigenvalue weighted by molar-refractivity contribution is 7.66. The number of amides is 2. The van der Waals surface area contributed by atoms with E-state index in [9.17, 15) is 37.4 Å². The molecule has 0 aliphatic carbocycles. The molecule has 0 saturated carbocycles. The highest BCUT2D eigenvalue weighted by Crippen LogP contribution is 2.61. The lowest BCUT2D eigenvalue weighted by atomic mass is 9.93. The maximum Gasteiger partial charge on any atom is 0.481 e. The number of ether oxygens (including phenoxy) is 2. The maximum absolute atomic E-state index is 14.7. The summed E-state index contributed by atoms with van der Waals surface area (Å²) in [5.41, 5.74) is 0.721. The predicted molar refractivity (Wildman–Crippen MR) is 129 cm³/mol. The number of halogens is 2. The summed E-state index contributed by atoms with van der Waals surface area (Å²) in [6.45, 7) is 1.47. The van der Waals surface area contributed by atoms with Crippen LogP contribution >= 0.6 is 15.3 Å². The maximum atomic E-state index is 14.7. The Morgan fingerprint density at radius 1 is 1.26 bits per heavy atom. The average molecular weight is 596 g/mol. The Balaban J connectivity index is 1.56. The number of carbonyl (C=O) groups excluding carboxylic acids is 3. The van der Waals surface area contributed by atoms with Crippen LogP contribution in [0, 0.1) is 5.92 Å². The van der Waals surface area contributed by atoms with Gasteiger partial charge in [-0.3, -0.25) is 33.3 Å². The summed E-state index contributed by atoms with van der Waals surface area (Å²) in [6.07, 6.45) is -6.78. The summed E-state index contributed by atoms with van der Waals surface area (Å²) in [7, 11) is -7.79. The van der Waals surface area contributed by atoms with E-state index in [0.29, 0.717) is 6.08 Å². The van der Waals surface area contributed by atoms with E-state index in [1.165, 1.54) is 6.92 Å². The van der Waals surface area contributed by atoms with Crippen molar-refractivity contribution in [3.63, 3.8) is 0 Å². The van der Waals surface area contributed by atoms with Crippen LogP contribution in [-0.2, 0) is 53.0 Å². The lowest BCUT2D eigenvalue weighted by molar-refractivity contribution is -0.146. The molecule has 2 aliphatic heterocycles. The average Bonchev–Trinajstić information content (AvgIpc) is 3.16. The van der Waals surface area contributed by atoms with E-state index in [-0.39, 0.29) is 6.61 Å². The Morgan fingerprint density at radius 2 is 1.92 bits per heavy atom. The van der Waals surface area contributed by atoms with Crippen molar-refractivity contribution in [1.82, 2.24) is 10.4 Å². The van der Waals surface area contributed by atoms with Crippen LogP contribution in [0.4, 0.5) is 8.78 Å². The van der Waals surface area contributed by atoms with Crippen molar-refractivity contribution >= 4 is 33.1 Å². The first-order valence-electron chi connectivity index (χ1n) is 11.5. The number of aliphatic hydroxyl groups is 1. The minimum atomic E-state index is -4.64. The van der Waals surface area contributed by atoms with Gasteiger partial charge in [0.25, 0.3) is 13.4 Å². The highest BCUT2D eigenvalue weighted by atomic mass is 31.3. The molecule has 3 N–H and O–H groups in total. The van der Waals surface area contributed by atoms with E-state index < -0.39 is 82.0 Å². The highest BCUT2D eigenvalue weighted by Gasteiger charge is 2.51. The summed E-state index contributed by atoms with van der Waals surface area (Å²) in [4.78, 5) is 35.5. The van der Waals surface area contributed by atoms with Gasteiger partial charge in [-0.1, -0.05) is 30.3 Å². The second-order valence-electron chi connectivity index (χ2n) is 8.73. The van der Waals surface area contributed by atoms with Gasteiger partial charge in [-0.15, -0.1) is 0 Å². The first kappa shape index (κ1) is 31.2. The third-order valence-corrected chi connectivity index (χ3v) is 9.49. The van der Waals surface area contributed by atoms with Crippen molar-refractivity contribution in [1.29, 1.82) is 0 Å². The van der Waals surface area contributed by atoms with Crippen LogP contribution < -0.4 is 10.4 Å². The van der Waals surface area contributed by atoms with Crippen molar-refractivity contribution in [3.8, 4) is 0 Å². The van der Waals surface area contributed by atoms with Gasteiger partial charge in [-0.2, -0.15) is 0 Å². The van der Waals surface area contributed by atoms with Crippen molar-refractivity contribution in [2.45, 2.75) is 44.1 Å². The smallest absolute Gasteiger partial charge is 0.460 e. The predicted octanol–water partition coefficient (Wildman–Crippen LogP) is 1.91. The van der Waals surface area contributed by atoms with Crippen molar-refractivity contribution in [2.24, 2.45) is 5.92 Å². The standard InChI is InChI=1S/C22H28F2N2O11P2/c1-12(22(30)34-10-13-7-5-4-6-8-13)26-38(3,31)37-39(32,33-2)35-11-16-18(27)17(24)19(36-16)14-9-15(23)21(29)25-20(14)28/h4-9,12,14,16-19,27H,10-11H2,1-3H3,(H,26,31)(H,25,28,29)/t12-,14?,16+,17+,18?,19-,38?,39?/m0/s1. The number of aliphatic hydroxyl groups excluding tert-OH is 1. The lowest BCUT2D eigenvalue weighted by Crippen LogP contribution is -2.46. The van der Waals surface area contributed by atoms with E-state index >= 15 is 0 Å². The number of benzene rings is 1. The number of hydrogen-bond donors (Lipinski definition) is 3. The molecule has 0 aromatic heterocycles. The van der Waals surface area contributed by atoms with Crippen LogP contribution in [0.2, 0.25) is 0 Å². The number of nitrogens with one attached hydrogen (secondary N) is 2. The van der Waals surface area contributed by atoms with Gasteiger partial charge in [0.15, 0.2) is 12.0 Å². The van der Waals surface area contributed by atoms with Gasteiger partial charge < -0.3 is 14.6 Å². The first-order valence-corrected chi connectivity index (χ1v) is 15.1. The fraction of sp³-hybridized carbons (Fsp3) is 0.500. The van der Waals surface area contributed by atoms with E-state index in [2.05, 4.69) is 5.09 Å². The molecule has 17 heteroatoms. The Morgan fingerprint density at radius 3 is 2.56 bits per heavy atom.